The highest BCUT2D eigenvalue weighted by molar-refractivity contribution is 7.11. The molecule has 0 saturated carbocycles. The summed E-state index contributed by atoms with van der Waals surface area (Å²) in [6.45, 7) is 3.94. The molecular formula is C15H20N4OS. The first-order valence-electron chi connectivity index (χ1n) is 7.25. The van der Waals surface area contributed by atoms with E-state index in [-0.39, 0.29) is 0 Å². The van der Waals surface area contributed by atoms with Crippen LogP contribution >= 0.6 is 11.5 Å². The molecule has 0 bridgehead atoms. The maximum Gasteiger partial charge on any atom is 0.147 e. The summed E-state index contributed by atoms with van der Waals surface area (Å²) in [5.41, 5.74) is 8.01. The summed E-state index contributed by atoms with van der Waals surface area (Å²) in [4.78, 5) is 4.17. The van der Waals surface area contributed by atoms with Crippen LogP contribution in [0, 0.1) is 5.92 Å². The molecule has 3 N–H and O–H groups in total. The van der Waals surface area contributed by atoms with E-state index in [1.54, 1.807) is 6.20 Å². The molecule has 1 atom stereocenters. The van der Waals surface area contributed by atoms with Crippen molar-refractivity contribution in [1.82, 2.24) is 9.36 Å². The van der Waals surface area contributed by atoms with E-state index in [4.69, 9.17) is 10.5 Å². The Labute approximate surface area is 128 Å². The number of rotatable bonds is 4. The van der Waals surface area contributed by atoms with Crippen LogP contribution in [0.4, 0.5) is 10.8 Å². The summed E-state index contributed by atoms with van der Waals surface area (Å²) in [6.07, 6.45) is 5.79. The van der Waals surface area contributed by atoms with Crippen LogP contribution < -0.4 is 11.1 Å². The highest BCUT2D eigenvalue weighted by Gasteiger charge is 2.23. The second-order valence-corrected chi connectivity index (χ2v) is 6.17. The first-order chi connectivity index (χ1) is 10.3. The number of nitrogens with one attached hydrogen (secondary N) is 1. The molecule has 2 aromatic rings. The van der Waals surface area contributed by atoms with Crippen molar-refractivity contribution in [2.24, 2.45) is 5.92 Å². The predicted octanol–water partition coefficient (Wildman–Crippen LogP) is 3.01. The van der Waals surface area contributed by atoms with Crippen molar-refractivity contribution in [3.63, 3.8) is 0 Å². The predicted molar refractivity (Wildman–Crippen MR) is 86.4 cm³/mol. The van der Waals surface area contributed by atoms with Gasteiger partial charge in [0.1, 0.15) is 10.8 Å². The Morgan fingerprint density at radius 2 is 2.24 bits per heavy atom. The SMILES string of the molecule is CC(Nc1snc(N)c1-c1cccnc1)C1CCOCC1. The lowest BCUT2D eigenvalue weighted by Gasteiger charge is -2.28. The molecule has 2 aromatic heterocycles. The Hall–Kier alpha value is -1.66. The number of aromatic nitrogens is 2. The van der Waals surface area contributed by atoms with E-state index in [1.165, 1.54) is 11.5 Å². The maximum atomic E-state index is 6.04. The zero-order valence-electron chi connectivity index (χ0n) is 12.1. The molecule has 1 unspecified atom stereocenters. The Morgan fingerprint density at radius 3 is 2.95 bits per heavy atom. The summed E-state index contributed by atoms with van der Waals surface area (Å²) < 4.78 is 9.73. The third kappa shape index (κ3) is 3.16. The van der Waals surface area contributed by atoms with Crippen molar-refractivity contribution >= 4 is 22.4 Å². The molecule has 1 fully saturated rings. The van der Waals surface area contributed by atoms with Gasteiger partial charge in [-0.3, -0.25) is 4.98 Å². The minimum Gasteiger partial charge on any atom is -0.382 e. The van der Waals surface area contributed by atoms with Gasteiger partial charge < -0.3 is 15.8 Å². The Morgan fingerprint density at radius 1 is 1.43 bits per heavy atom. The van der Waals surface area contributed by atoms with Crippen LogP contribution in [0.1, 0.15) is 19.8 Å². The number of pyridine rings is 1. The van der Waals surface area contributed by atoms with Gasteiger partial charge in [-0.25, -0.2) is 0 Å². The third-order valence-corrected chi connectivity index (χ3v) is 4.79. The highest BCUT2D eigenvalue weighted by Crippen LogP contribution is 2.37. The summed E-state index contributed by atoms with van der Waals surface area (Å²) in [5, 5.41) is 4.62. The normalized spacial score (nSPS) is 17.6. The highest BCUT2D eigenvalue weighted by atomic mass is 32.1. The van der Waals surface area contributed by atoms with E-state index in [0.29, 0.717) is 17.8 Å². The van der Waals surface area contributed by atoms with Crippen molar-refractivity contribution in [3.05, 3.63) is 24.5 Å². The zero-order chi connectivity index (χ0) is 14.7. The lowest BCUT2D eigenvalue weighted by molar-refractivity contribution is 0.0623. The number of nitrogen functional groups attached to an aromatic ring is 1. The van der Waals surface area contributed by atoms with E-state index in [2.05, 4.69) is 21.6 Å². The van der Waals surface area contributed by atoms with Crippen molar-refractivity contribution in [2.75, 3.05) is 24.3 Å². The van der Waals surface area contributed by atoms with Crippen molar-refractivity contribution in [1.29, 1.82) is 0 Å². The number of ether oxygens (including phenoxy) is 1. The summed E-state index contributed by atoms with van der Waals surface area (Å²) in [6, 6.07) is 4.30. The topological polar surface area (TPSA) is 73.1 Å². The van der Waals surface area contributed by atoms with E-state index in [1.807, 2.05) is 18.3 Å². The smallest absolute Gasteiger partial charge is 0.147 e. The van der Waals surface area contributed by atoms with E-state index < -0.39 is 0 Å². The van der Waals surface area contributed by atoms with Crippen LogP contribution in [-0.2, 0) is 4.74 Å². The second-order valence-electron chi connectivity index (χ2n) is 5.40. The summed E-state index contributed by atoms with van der Waals surface area (Å²) >= 11 is 1.42. The molecule has 0 radical (unpaired) electrons. The largest absolute Gasteiger partial charge is 0.382 e. The van der Waals surface area contributed by atoms with Crippen LogP contribution in [0.2, 0.25) is 0 Å². The molecular weight excluding hydrogens is 284 g/mol. The van der Waals surface area contributed by atoms with Gasteiger partial charge in [0.2, 0.25) is 0 Å². The number of nitrogens with zero attached hydrogens (tertiary/aromatic N) is 2. The van der Waals surface area contributed by atoms with E-state index in [0.717, 1.165) is 42.2 Å². The number of nitrogens with two attached hydrogens (primary N) is 1. The molecule has 6 heteroatoms. The fraction of sp³-hybridized carbons (Fsp3) is 0.467. The van der Waals surface area contributed by atoms with Crippen LogP contribution in [0.3, 0.4) is 0 Å². The molecule has 1 aliphatic heterocycles. The van der Waals surface area contributed by atoms with Gasteiger partial charge in [-0.15, -0.1) is 0 Å². The number of hydrogen-bond acceptors (Lipinski definition) is 6. The standard InChI is InChI=1S/C15H20N4OS/c1-10(11-4-7-20-8-5-11)18-15-13(14(16)19-21-15)12-3-2-6-17-9-12/h2-3,6,9-11,18H,4-5,7-8H2,1H3,(H2,16,19). The lowest BCUT2D eigenvalue weighted by Crippen LogP contribution is -2.30. The van der Waals surface area contributed by atoms with Crippen LogP contribution in [0.15, 0.2) is 24.5 Å². The van der Waals surface area contributed by atoms with Crippen LogP contribution in [0.5, 0.6) is 0 Å². The van der Waals surface area contributed by atoms with Crippen LogP contribution in [0.25, 0.3) is 11.1 Å². The molecule has 0 amide bonds. The van der Waals surface area contributed by atoms with Gasteiger partial charge in [-0.05, 0) is 43.3 Å². The van der Waals surface area contributed by atoms with E-state index in [9.17, 15) is 0 Å². The van der Waals surface area contributed by atoms with Gasteiger partial charge in [-0.1, -0.05) is 6.07 Å². The molecule has 3 heterocycles. The average molecular weight is 304 g/mol. The Kier molecular flexibility index (Phi) is 4.36. The third-order valence-electron chi connectivity index (χ3n) is 4.00. The van der Waals surface area contributed by atoms with Crippen molar-refractivity contribution < 1.29 is 4.74 Å². The molecule has 0 aromatic carbocycles. The molecule has 112 valence electrons. The minimum absolute atomic E-state index is 0.379. The summed E-state index contributed by atoms with van der Waals surface area (Å²) in [5.74, 6) is 1.19. The zero-order valence-corrected chi connectivity index (χ0v) is 12.9. The summed E-state index contributed by atoms with van der Waals surface area (Å²) in [7, 11) is 0. The van der Waals surface area contributed by atoms with Gasteiger partial charge in [0, 0.05) is 37.2 Å². The quantitative estimate of drug-likeness (QED) is 0.908. The number of anilines is 2. The first-order valence-corrected chi connectivity index (χ1v) is 8.03. The fourth-order valence-electron chi connectivity index (χ4n) is 2.73. The molecule has 1 aliphatic rings. The Bertz CT molecular complexity index is 581. The van der Waals surface area contributed by atoms with Gasteiger partial charge in [-0.2, -0.15) is 4.37 Å². The fourth-order valence-corrected chi connectivity index (χ4v) is 3.56. The maximum absolute atomic E-state index is 6.04. The Balaban J connectivity index is 1.80. The molecule has 5 nitrogen and oxygen atoms in total. The molecule has 0 aliphatic carbocycles. The van der Waals surface area contributed by atoms with Crippen LogP contribution in [-0.4, -0.2) is 28.6 Å². The number of hydrogen-bond donors (Lipinski definition) is 2. The molecule has 21 heavy (non-hydrogen) atoms. The molecule has 0 spiro atoms. The van der Waals surface area contributed by atoms with Gasteiger partial charge in [0.15, 0.2) is 0 Å². The van der Waals surface area contributed by atoms with Crippen molar-refractivity contribution in [3.8, 4) is 11.1 Å². The van der Waals surface area contributed by atoms with E-state index >= 15 is 0 Å². The monoisotopic (exact) mass is 304 g/mol. The second kappa shape index (κ2) is 6.41. The average Bonchev–Trinajstić information content (AvgIpc) is 2.89. The molecule has 3 rings (SSSR count). The van der Waals surface area contributed by atoms with Gasteiger partial charge in [0.25, 0.3) is 0 Å². The first kappa shape index (κ1) is 14.3. The molecule has 1 saturated heterocycles. The lowest BCUT2D eigenvalue weighted by atomic mass is 9.93. The minimum atomic E-state index is 0.379. The van der Waals surface area contributed by atoms with Gasteiger partial charge in [0.05, 0.1) is 5.56 Å². The van der Waals surface area contributed by atoms with Crippen molar-refractivity contribution in [2.45, 2.75) is 25.8 Å². The van der Waals surface area contributed by atoms with Gasteiger partial charge >= 0.3 is 0 Å².